The molecule has 1 aliphatic carbocycles. The number of hydrogen-bond donors (Lipinski definition) is 2. The first-order valence-corrected chi connectivity index (χ1v) is 4.48. The van der Waals surface area contributed by atoms with E-state index in [0.29, 0.717) is 5.76 Å². The highest BCUT2D eigenvalue weighted by atomic mass is 16.5. The number of rotatable bonds is 3. The summed E-state index contributed by atoms with van der Waals surface area (Å²) >= 11 is 0. The van der Waals surface area contributed by atoms with E-state index in [0.717, 1.165) is 18.5 Å². The smallest absolute Gasteiger partial charge is 0.321 e. The zero-order chi connectivity index (χ0) is 10.3. The van der Waals surface area contributed by atoms with Gasteiger partial charge in [0.05, 0.1) is 11.1 Å². The minimum absolute atomic E-state index is 0.507. The highest BCUT2D eigenvalue weighted by Crippen LogP contribution is 2.50. The lowest BCUT2D eigenvalue weighted by Crippen LogP contribution is -2.41. The van der Waals surface area contributed by atoms with Gasteiger partial charge in [0, 0.05) is 6.07 Å². The molecule has 0 bridgehead atoms. The number of aliphatic carboxylic acids is 1. The van der Waals surface area contributed by atoms with E-state index in [2.05, 4.69) is 5.16 Å². The van der Waals surface area contributed by atoms with Gasteiger partial charge >= 0.3 is 5.97 Å². The largest absolute Gasteiger partial charge is 0.480 e. The van der Waals surface area contributed by atoms with Crippen LogP contribution in [0.4, 0.5) is 0 Å². The molecule has 2 rings (SSSR count). The maximum atomic E-state index is 10.8. The predicted octanol–water partition coefficient (Wildman–Crippen LogP) is 0.427. The van der Waals surface area contributed by atoms with Crippen molar-refractivity contribution in [3.05, 3.63) is 17.5 Å². The summed E-state index contributed by atoms with van der Waals surface area (Å²) in [6, 6.07) is 0.866. The molecule has 3 N–H and O–H groups in total. The van der Waals surface area contributed by atoms with Crippen LogP contribution >= 0.6 is 0 Å². The molecule has 5 nitrogen and oxygen atoms in total. The lowest BCUT2D eigenvalue weighted by molar-refractivity contribution is -0.139. The van der Waals surface area contributed by atoms with Crippen LogP contribution in [-0.4, -0.2) is 22.3 Å². The first kappa shape index (κ1) is 9.21. The minimum atomic E-state index is -0.989. The monoisotopic (exact) mass is 196 g/mol. The van der Waals surface area contributed by atoms with Gasteiger partial charge in [-0.05, 0) is 19.8 Å². The summed E-state index contributed by atoms with van der Waals surface area (Å²) in [5, 5.41) is 12.6. The summed E-state index contributed by atoms with van der Waals surface area (Å²) < 4.78 is 5.07. The number of aromatic nitrogens is 1. The average Bonchev–Trinajstić information content (AvgIpc) is 2.83. The van der Waals surface area contributed by atoms with Crippen molar-refractivity contribution in [2.24, 2.45) is 5.73 Å². The van der Waals surface area contributed by atoms with Gasteiger partial charge in [0.1, 0.15) is 11.8 Å². The molecule has 1 saturated carbocycles. The van der Waals surface area contributed by atoms with E-state index in [1.807, 2.05) is 0 Å². The first-order chi connectivity index (χ1) is 6.56. The second kappa shape index (κ2) is 2.81. The lowest BCUT2D eigenvalue weighted by Gasteiger charge is -2.15. The topological polar surface area (TPSA) is 89.4 Å². The van der Waals surface area contributed by atoms with E-state index in [1.54, 1.807) is 13.0 Å². The van der Waals surface area contributed by atoms with Crippen LogP contribution in [0.15, 0.2) is 10.6 Å². The Kier molecular flexibility index (Phi) is 1.85. The molecule has 76 valence electrons. The van der Waals surface area contributed by atoms with Crippen LogP contribution in [0.3, 0.4) is 0 Å². The normalized spacial score (nSPS) is 20.4. The molecule has 0 radical (unpaired) electrons. The Bertz CT molecular complexity index is 368. The molecular formula is C9H12N2O3. The van der Waals surface area contributed by atoms with E-state index in [9.17, 15) is 4.79 Å². The molecule has 1 unspecified atom stereocenters. The maximum Gasteiger partial charge on any atom is 0.321 e. The van der Waals surface area contributed by atoms with Gasteiger partial charge in [0.2, 0.25) is 0 Å². The summed E-state index contributed by atoms with van der Waals surface area (Å²) in [6.07, 6.45) is 1.52. The van der Waals surface area contributed by atoms with Gasteiger partial charge in [-0.25, -0.2) is 0 Å². The molecule has 0 amide bonds. The summed E-state index contributed by atoms with van der Waals surface area (Å²) in [5.74, 6) is -0.388. The zero-order valence-electron chi connectivity index (χ0n) is 7.86. The van der Waals surface area contributed by atoms with Gasteiger partial charge < -0.3 is 15.4 Å². The molecule has 5 heteroatoms. The van der Waals surface area contributed by atoms with Gasteiger partial charge in [-0.3, -0.25) is 4.79 Å². The summed E-state index contributed by atoms with van der Waals surface area (Å²) in [5.41, 5.74) is 5.86. The highest BCUT2D eigenvalue weighted by Gasteiger charge is 2.55. The van der Waals surface area contributed by atoms with Crippen LogP contribution in [-0.2, 0) is 10.2 Å². The third kappa shape index (κ3) is 1.21. The van der Waals surface area contributed by atoms with Crippen molar-refractivity contribution in [3.63, 3.8) is 0 Å². The molecule has 0 saturated heterocycles. The molecule has 1 atom stereocenters. The van der Waals surface area contributed by atoms with E-state index in [1.165, 1.54) is 0 Å². The Morgan fingerprint density at radius 1 is 1.79 bits per heavy atom. The van der Waals surface area contributed by atoms with Crippen molar-refractivity contribution in [2.75, 3.05) is 0 Å². The summed E-state index contributed by atoms with van der Waals surface area (Å²) in [6.45, 7) is 1.80. The van der Waals surface area contributed by atoms with Crippen LogP contribution < -0.4 is 5.73 Å². The Labute approximate surface area is 80.9 Å². The molecule has 1 fully saturated rings. The minimum Gasteiger partial charge on any atom is -0.480 e. The molecule has 1 aliphatic rings. The van der Waals surface area contributed by atoms with Gasteiger partial charge in [-0.2, -0.15) is 0 Å². The first-order valence-electron chi connectivity index (χ1n) is 4.48. The fourth-order valence-corrected chi connectivity index (χ4v) is 1.68. The van der Waals surface area contributed by atoms with Gasteiger partial charge in [0.25, 0.3) is 0 Å². The molecule has 0 spiro atoms. The second-order valence-electron chi connectivity index (χ2n) is 3.80. The van der Waals surface area contributed by atoms with Crippen LogP contribution in [0.2, 0.25) is 0 Å². The van der Waals surface area contributed by atoms with Crippen molar-refractivity contribution in [1.82, 2.24) is 5.16 Å². The van der Waals surface area contributed by atoms with Gasteiger partial charge in [-0.15, -0.1) is 0 Å². The van der Waals surface area contributed by atoms with E-state index in [-0.39, 0.29) is 0 Å². The van der Waals surface area contributed by atoms with Crippen molar-refractivity contribution in [1.29, 1.82) is 0 Å². The Morgan fingerprint density at radius 2 is 2.43 bits per heavy atom. The van der Waals surface area contributed by atoms with Crippen LogP contribution in [0, 0.1) is 6.92 Å². The molecule has 1 aromatic rings. The Hall–Kier alpha value is -1.36. The van der Waals surface area contributed by atoms with Crippen LogP contribution in [0.25, 0.3) is 0 Å². The molecule has 1 aromatic heterocycles. The highest BCUT2D eigenvalue weighted by molar-refractivity contribution is 5.76. The van der Waals surface area contributed by atoms with Crippen LogP contribution in [0.1, 0.15) is 24.3 Å². The van der Waals surface area contributed by atoms with Gasteiger partial charge in [0.15, 0.2) is 0 Å². The van der Waals surface area contributed by atoms with Crippen molar-refractivity contribution < 1.29 is 14.4 Å². The number of hydrogen-bond acceptors (Lipinski definition) is 4. The van der Waals surface area contributed by atoms with Crippen LogP contribution in [0.5, 0.6) is 0 Å². The molecule has 1 heterocycles. The Morgan fingerprint density at radius 3 is 2.79 bits per heavy atom. The molecule has 0 aliphatic heterocycles. The summed E-state index contributed by atoms with van der Waals surface area (Å²) in [7, 11) is 0. The third-order valence-corrected chi connectivity index (χ3v) is 2.77. The third-order valence-electron chi connectivity index (χ3n) is 2.77. The Balaban J connectivity index is 2.29. The number of carboxylic acid groups (broad SMARTS) is 1. The maximum absolute atomic E-state index is 10.8. The average molecular weight is 196 g/mol. The second-order valence-corrected chi connectivity index (χ2v) is 3.80. The molecule has 0 aromatic carbocycles. The van der Waals surface area contributed by atoms with E-state index in [4.69, 9.17) is 15.4 Å². The van der Waals surface area contributed by atoms with E-state index < -0.39 is 17.4 Å². The summed E-state index contributed by atoms with van der Waals surface area (Å²) in [4.78, 5) is 10.8. The molecular weight excluding hydrogens is 184 g/mol. The van der Waals surface area contributed by atoms with Crippen molar-refractivity contribution in [2.45, 2.75) is 31.2 Å². The number of aryl methyl sites for hydroxylation is 1. The SMILES string of the molecule is Cc1cc(C2(C(N)C(=O)O)CC2)on1. The van der Waals surface area contributed by atoms with E-state index >= 15 is 0 Å². The van der Waals surface area contributed by atoms with Crippen molar-refractivity contribution >= 4 is 5.97 Å². The number of nitrogens with zero attached hydrogens (tertiary/aromatic N) is 1. The fraction of sp³-hybridized carbons (Fsp3) is 0.556. The molecule has 14 heavy (non-hydrogen) atoms. The number of carbonyl (C=O) groups is 1. The predicted molar refractivity (Wildman–Crippen MR) is 47.8 cm³/mol. The zero-order valence-corrected chi connectivity index (χ0v) is 7.86. The standard InChI is InChI=1S/C9H12N2O3/c1-5-4-6(14-11-5)9(2-3-9)7(10)8(12)13/h4,7H,2-3,10H2,1H3,(H,12,13). The number of nitrogens with two attached hydrogens (primary N) is 1. The lowest BCUT2D eigenvalue weighted by atomic mass is 9.94. The van der Waals surface area contributed by atoms with Crippen molar-refractivity contribution in [3.8, 4) is 0 Å². The number of carboxylic acids is 1. The quantitative estimate of drug-likeness (QED) is 0.731. The fourth-order valence-electron chi connectivity index (χ4n) is 1.68. The van der Waals surface area contributed by atoms with Gasteiger partial charge in [-0.1, -0.05) is 5.16 Å².